The highest BCUT2D eigenvalue weighted by Crippen LogP contribution is 2.53. The highest BCUT2D eigenvalue weighted by molar-refractivity contribution is 6.07. The molecule has 0 aliphatic heterocycles. The second kappa shape index (κ2) is 4.97. The first-order valence-electron chi connectivity index (χ1n) is 7.25. The van der Waals surface area contributed by atoms with E-state index in [2.05, 4.69) is 4.99 Å². The topological polar surface area (TPSA) is 32.6 Å². The fourth-order valence-electron chi connectivity index (χ4n) is 3.45. The number of allylic oxidation sites excluding steroid dienone is 4. The minimum absolute atomic E-state index is 0.0214. The Bertz CT molecular complexity index is 505. The Hall–Kier alpha value is -1.19. The summed E-state index contributed by atoms with van der Waals surface area (Å²) in [5, 5.41) is 10.3. The Labute approximate surface area is 119 Å². The van der Waals surface area contributed by atoms with Crippen molar-refractivity contribution in [1.29, 1.82) is 0 Å². The lowest BCUT2D eigenvalue weighted by Gasteiger charge is -2.33. The predicted octanol–water partition coefficient (Wildman–Crippen LogP) is 4.68. The number of aliphatic hydroxyl groups is 1. The van der Waals surface area contributed by atoms with Gasteiger partial charge in [0.15, 0.2) is 0 Å². The molecule has 112 valence electrons. The van der Waals surface area contributed by atoms with Crippen molar-refractivity contribution in [1.82, 2.24) is 0 Å². The molecule has 2 unspecified atom stereocenters. The van der Waals surface area contributed by atoms with Crippen molar-refractivity contribution in [2.75, 3.05) is 7.05 Å². The lowest BCUT2D eigenvalue weighted by molar-refractivity contribution is -0.0639. The molecule has 0 amide bonds. The van der Waals surface area contributed by atoms with Gasteiger partial charge in [-0.1, -0.05) is 19.4 Å². The van der Waals surface area contributed by atoms with Gasteiger partial charge >= 0.3 is 0 Å². The van der Waals surface area contributed by atoms with Crippen molar-refractivity contribution in [3.63, 3.8) is 0 Å². The van der Waals surface area contributed by atoms with Gasteiger partial charge in [0, 0.05) is 19.4 Å². The van der Waals surface area contributed by atoms with E-state index in [1.54, 1.807) is 27.0 Å². The summed E-state index contributed by atoms with van der Waals surface area (Å²) in [5.41, 5.74) is 1.32. The largest absolute Gasteiger partial charge is 0.512 e. The molecular formula is C16H23F2NO. The summed E-state index contributed by atoms with van der Waals surface area (Å²) in [4.78, 5) is 4.27. The number of rotatable bonds is 2. The van der Waals surface area contributed by atoms with Crippen LogP contribution in [0.4, 0.5) is 8.78 Å². The molecular weight excluding hydrogens is 260 g/mol. The van der Waals surface area contributed by atoms with Crippen molar-refractivity contribution >= 4 is 5.71 Å². The molecule has 0 aromatic heterocycles. The van der Waals surface area contributed by atoms with Crippen molar-refractivity contribution in [3.8, 4) is 0 Å². The zero-order valence-electron chi connectivity index (χ0n) is 12.6. The molecule has 2 aliphatic rings. The zero-order valence-corrected chi connectivity index (χ0v) is 12.6. The zero-order chi connectivity index (χ0) is 15.1. The number of alkyl halides is 2. The Balaban J connectivity index is 2.60. The van der Waals surface area contributed by atoms with Gasteiger partial charge in [0.25, 0.3) is 5.92 Å². The van der Waals surface area contributed by atoms with Gasteiger partial charge < -0.3 is 5.11 Å². The summed E-state index contributed by atoms with van der Waals surface area (Å²) in [6, 6.07) is 0. The van der Waals surface area contributed by atoms with Crippen LogP contribution in [0.3, 0.4) is 0 Å². The molecule has 0 heterocycles. The predicted molar refractivity (Wildman–Crippen MR) is 77.5 cm³/mol. The van der Waals surface area contributed by atoms with Crippen LogP contribution in [0.25, 0.3) is 0 Å². The molecule has 20 heavy (non-hydrogen) atoms. The molecule has 0 radical (unpaired) electrons. The fraction of sp³-hybridized carbons (Fsp3) is 0.688. The van der Waals surface area contributed by atoms with E-state index in [0.717, 1.165) is 24.0 Å². The van der Waals surface area contributed by atoms with Crippen LogP contribution in [0, 0.1) is 11.3 Å². The summed E-state index contributed by atoms with van der Waals surface area (Å²) in [6.07, 6.45) is 3.36. The average Bonchev–Trinajstić information content (AvgIpc) is 2.36. The Morgan fingerprint density at radius 2 is 2.10 bits per heavy atom. The third-order valence-electron chi connectivity index (χ3n) is 4.77. The van der Waals surface area contributed by atoms with Crippen molar-refractivity contribution in [2.24, 2.45) is 16.3 Å². The van der Waals surface area contributed by atoms with E-state index in [-0.39, 0.29) is 12.2 Å². The molecule has 1 N–H and O–H groups in total. The summed E-state index contributed by atoms with van der Waals surface area (Å²) >= 11 is 0. The molecule has 0 spiro atoms. The van der Waals surface area contributed by atoms with E-state index in [0.29, 0.717) is 12.1 Å². The molecule has 0 saturated heterocycles. The molecule has 2 rings (SSSR count). The van der Waals surface area contributed by atoms with Gasteiger partial charge in [0.1, 0.15) is 5.76 Å². The highest BCUT2D eigenvalue weighted by atomic mass is 19.3. The lowest BCUT2D eigenvalue weighted by atomic mass is 9.73. The van der Waals surface area contributed by atoms with E-state index in [9.17, 15) is 13.9 Å². The maximum absolute atomic E-state index is 14.5. The van der Waals surface area contributed by atoms with Gasteiger partial charge in [-0.2, -0.15) is 0 Å². The van der Waals surface area contributed by atoms with E-state index in [1.807, 2.05) is 6.92 Å². The van der Waals surface area contributed by atoms with Crippen LogP contribution in [0.15, 0.2) is 28.0 Å². The summed E-state index contributed by atoms with van der Waals surface area (Å²) in [6.45, 7) is 5.16. The fourth-order valence-corrected chi connectivity index (χ4v) is 3.45. The third kappa shape index (κ3) is 2.09. The number of halogens is 2. The molecule has 2 aliphatic carbocycles. The van der Waals surface area contributed by atoms with E-state index in [1.165, 1.54) is 0 Å². The van der Waals surface area contributed by atoms with Crippen LogP contribution in [0.2, 0.25) is 0 Å². The van der Waals surface area contributed by atoms with Gasteiger partial charge in [-0.15, -0.1) is 0 Å². The monoisotopic (exact) mass is 283 g/mol. The Morgan fingerprint density at radius 3 is 2.55 bits per heavy atom. The molecule has 0 fully saturated rings. The van der Waals surface area contributed by atoms with Crippen LogP contribution < -0.4 is 0 Å². The lowest BCUT2D eigenvalue weighted by Crippen LogP contribution is -2.37. The normalized spacial score (nSPS) is 35.6. The number of hydrogen-bond donors (Lipinski definition) is 1. The second-order valence-corrected chi connectivity index (χ2v) is 6.07. The first-order valence-corrected chi connectivity index (χ1v) is 7.25. The standard InChI is InChI=1S/C16H23F2NO/c1-5-6-13(20)15(3)9-16(17,18)10(2)11-7-8-12(11)14(15)19-4/h6,10,20H,5,7-9H2,1-4H3/b13-6+,19-14?. The van der Waals surface area contributed by atoms with E-state index >= 15 is 0 Å². The van der Waals surface area contributed by atoms with Crippen LogP contribution in [0.1, 0.15) is 46.5 Å². The van der Waals surface area contributed by atoms with Crippen LogP contribution in [-0.2, 0) is 0 Å². The Morgan fingerprint density at radius 1 is 1.45 bits per heavy atom. The number of nitrogens with zero attached hydrogens (tertiary/aromatic N) is 1. The number of hydrogen-bond acceptors (Lipinski definition) is 2. The van der Waals surface area contributed by atoms with Gasteiger partial charge in [-0.3, -0.25) is 4.99 Å². The maximum atomic E-state index is 14.5. The summed E-state index contributed by atoms with van der Waals surface area (Å²) in [7, 11) is 1.63. The second-order valence-electron chi connectivity index (χ2n) is 6.07. The van der Waals surface area contributed by atoms with Crippen LogP contribution >= 0.6 is 0 Å². The molecule has 2 atom stereocenters. The SMILES string of the molecule is CC/C=C(/O)C1(C)CC(F)(F)C(C)C2=C(CC2)C1=NC. The molecule has 2 nitrogen and oxygen atoms in total. The first kappa shape index (κ1) is 15.2. The number of aliphatic hydroxyl groups excluding tert-OH is 1. The average molecular weight is 283 g/mol. The van der Waals surface area contributed by atoms with E-state index in [4.69, 9.17) is 0 Å². The quantitative estimate of drug-likeness (QED) is 0.733. The van der Waals surface area contributed by atoms with Gasteiger partial charge in [0.05, 0.1) is 11.1 Å². The molecule has 0 aromatic carbocycles. The van der Waals surface area contributed by atoms with Crippen molar-refractivity contribution < 1.29 is 13.9 Å². The molecule has 0 bridgehead atoms. The minimum Gasteiger partial charge on any atom is -0.512 e. The number of aliphatic imine (C=N–C) groups is 1. The van der Waals surface area contributed by atoms with Gasteiger partial charge in [-0.25, -0.2) is 8.78 Å². The molecule has 4 heteroatoms. The molecule has 0 aromatic rings. The van der Waals surface area contributed by atoms with Gasteiger partial charge in [0.2, 0.25) is 0 Å². The van der Waals surface area contributed by atoms with E-state index < -0.39 is 17.3 Å². The summed E-state index contributed by atoms with van der Waals surface area (Å²) < 4.78 is 29.0. The smallest absolute Gasteiger partial charge is 0.255 e. The van der Waals surface area contributed by atoms with Crippen molar-refractivity contribution in [3.05, 3.63) is 23.0 Å². The van der Waals surface area contributed by atoms with Gasteiger partial charge in [-0.05, 0) is 37.8 Å². The Kier molecular flexibility index (Phi) is 3.78. The summed E-state index contributed by atoms with van der Waals surface area (Å²) in [5.74, 6) is -3.56. The van der Waals surface area contributed by atoms with Crippen molar-refractivity contribution in [2.45, 2.75) is 52.4 Å². The first-order chi connectivity index (χ1) is 9.28. The minimum atomic E-state index is -2.82. The molecule has 0 saturated carbocycles. The highest BCUT2D eigenvalue weighted by Gasteiger charge is 2.54. The van der Waals surface area contributed by atoms with Crippen LogP contribution in [-0.4, -0.2) is 23.8 Å². The third-order valence-corrected chi connectivity index (χ3v) is 4.77. The maximum Gasteiger partial charge on any atom is 0.255 e. The van der Waals surface area contributed by atoms with Crippen LogP contribution in [0.5, 0.6) is 0 Å².